The van der Waals surface area contributed by atoms with Crippen LogP contribution in [-0.4, -0.2) is 20.6 Å². The lowest BCUT2D eigenvalue weighted by Gasteiger charge is -2.10. The number of hydrogen-bond acceptors (Lipinski definition) is 3. The molecule has 5 nitrogen and oxygen atoms in total. The van der Waals surface area contributed by atoms with Gasteiger partial charge in [-0.2, -0.15) is 0 Å². The monoisotopic (exact) mass is 266 g/mol. The van der Waals surface area contributed by atoms with Gasteiger partial charge in [0.15, 0.2) is 5.75 Å². The number of hydrogen-bond donors (Lipinski definition) is 1. The first-order valence-corrected chi connectivity index (χ1v) is 5.57. The molecule has 1 aromatic heterocycles. The lowest BCUT2D eigenvalue weighted by molar-refractivity contribution is 0.0691. The van der Waals surface area contributed by atoms with Crippen LogP contribution in [0, 0.1) is 0 Å². The molecular formula is C12H11ClN2O3. The summed E-state index contributed by atoms with van der Waals surface area (Å²) in [5.41, 5.74) is 0.871. The largest absolute Gasteiger partial charge is 0.485 e. The Balaban J connectivity index is 2.24. The van der Waals surface area contributed by atoms with E-state index in [1.165, 1.54) is 6.07 Å². The van der Waals surface area contributed by atoms with Crippen LogP contribution in [0.5, 0.6) is 5.75 Å². The summed E-state index contributed by atoms with van der Waals surface area (Å²) in [6, 6.07) is 4.61. The zero-order valence-electron chi connectivity index (χ0n) is 9.63. The predicted octanol–water partition coefficient (Wildman–Crippen LogP) is 2.35. The summed E-state index contributed by atoms with van der Waals surface area (Å²) in [4.78, 5) is 15.0. The van der Waals surface area contributed by atoms with Gasteiger partial charge >= 0.3 is 5.97 Å². The van der Waals surface area contributed by atoms with Crippen molar-refractivity contribution in [3.63, 3.8) is 0 Å². The first-order chi connectivity index (χ1) is 8.59. The Morgan fingerprint density at radius 2 is 2.33 bits per heavy atom. The predicted molar refractivity (Wildman–Crippen MR) is 66.0 cm³/mol. The average Bonchev–Trinajstić information content (AvgIpc) is 2.73. The Morgan fingerprint density at radius 1 is 1.56 bits per heavy atom. The molecule has 2 aromatic rings. The molecule has 0 atom stereocenters. The van der Waals surface area contributed by atoms with Crippen molar-refractivity contribution in [3.8, 4) is 5.75 Å². The van der Waals surface area contributed by atoms with Crippen LogP contribution in [-0.2, 0) is 13.7 Å². The molecule has 0 aliphatic carbocycles. The highest BCUT2D eigenvalue weighted by atomic mass is 35.5. The van der Waals surface area contributed by atoms with Crippen LogP contribution in [0.3, 0.4) is 0 Å². The summed E-state index contributed by atoms with van der Waals surface area (Å²) in [5.74, 6) is -0.898. The summed E-state index contributed by atoms with van der Waals surface area (Å²) in [6.45, 7) is 0.209. The van der Waals surface area contributed by atoms with Gasteiger partial charge in [-0.15, -0.1) is 0 Å². The minimum absolute atomic E-state index is 0.0460. The number of carboxylic acid groups (broad SMARTS) is 1. The number of para-hydroxylation sites is 1. The van der Waals surface area contributed by atoms with Crippen LogP contribution >= 0.6 is 11.6 Å². The first-order valence-electron chi connectivity index (χ1n) is 5.19. The fourth-order valence-electron chi connectivity index (χ4n) is 1.49. The van der Waals surface area contributed by atoms with Gasteiger partial charge in [-0.05, 0) is 12.1 Å². The number of aromatic carboxylic acids is 1. The fourth-order valence-corrected chi connectivity index (χ4v) is 1.72. The van der Waals surface area contributed by atoms with E-state index in [9.17, 15) is 4.79 Å². The number of halogens is 1. The average molecular weight is 267 g/mol. The van der Waals surface area contributed by atoms with Crippen molar-refractivity contribution >= 4 is 17.6 Å². The molecule has 0 aliphatic rings. The molecule has 0 spiro atoms. The Morgan fingerprint density at radius 3 is 2.94 bits per heavy atom. The number of aromatic nitrogens is 2. The van der Waals surface area contributed by atoms with Crippen molar-refractivity contribution in [3.05, 3.63) is 47.0 Å². The van der Waals surface area contributed by atoms with Crippen molar-refractivity contribution in [2.24, 2.45) is 7.05 Å². The molecule has 0 saturated carbocycles. The van der Waals surface area contributed by atoms with Crippen molar-refractivity contribution in [2.75, 3.05) is 0 Å². The van der Waals surface area contributed by atoms with Gasteiger partial charge in [0, 0.05) is 7.05 Å². The minimum atomic E-state index is -1.07. The Labute approximate surface area is 109 Å². The number of rotatable bonds is 4. The maximum absolute atomic E-state index is 11.0. The fraction of sp³-hybridized carbons (Fsp3) is 0.167. The summed E-state index contributed by atoms with van der Waals surface area (Å²) in [6.07, 6.45) is 3.29. The number of carboxylic acids is 1. The normalized spacial score (nSPS) is 10.3. The van der Waals surface area contributed by atoms with Crippen LogP contribution in [0.4, 0.5) is 0 Å². The molecule has 18 heavy (non-hydrogen) atoms. The Bertz CT molecular complexity index is 580. The minimum Gasteiger partial charge on any atom is -0.485 e. The summed E-state index contributed by atoms with van der Waals surface area (Å²) >= 11 is 5.94. The quantitative estimate of drug-likeness (QED) is 0.923. The third-order valence-corrected chi connectivity index (χ3v) is 2.78. The molecule has 1 heterocycles. The third-order valence-electron chi connectivity index (χ3n) is 2.48. The molecule has 2 rings (SSSR count). The van der Waals surface area contributed by atoms with Crippen molar-refractivity contribution in [1.82, 2.24) is 9.55 Å². The zero-order valence-corrected chi connectivity index (χ0v) is 10.4. The van der Waals surface area contributed by atoms with Gasteiger partial charge in [-0.3, -0.25) is 0 Å². The van der Waals surface area contributed by atoms with Crippen molar-refractivity contribution < 1.29 is 14.6 Å². The smallest absolute Gasteiger partial charge is 0.339 e. The van der Waals surface area contributed by atoms with E-state index in [0.29, 0.717) is 0 Å². The molecule has 0 saturated heterocycles. The van der Waals surface area contributed by atoms with Gasteiger partial charge in [0.25, 0.3) is 0 Å². The van der Waals surface area contributed by atoms with Crippen LogP contribution in [0.15, 0.2) is 30.7 Å². The van der Waals surface area contributed by atoms with E-state index in [1.807, 2.05) is 7.05 Å². The molecule has 94 valence electrons. The summed E-state index contributed by atoms with van der Waals surface area (Å²) in [7, 11) is 1.83. The van der Waals surface area contributed by atoms with E-state index >= 15 is 0 Å². The van der Waals surface area contributed by atoms with E-state index in [1.54, 1.807) is 29.2 Å². The standard InChI is InChI=1S/C12H11ClN2O3/c1-15-7-14-5-8(15)6-18-11-9(12(16)17)3-2-4-10(11)13/h2-5,7H,6H2,1H3,(H,16,17). The van der Waals surface area contributed by atoms with Crippen LogP contribution in [0.2, 0.25) is 5.02 Å². The van der Waals surface area contributed by atoms with E-state index in [4.69, 9.17) is 21.4 Å². The highest BCUT2D eigenvalue weighted by Gasteiger charge is 2.15. The number of benzene rings is 1. The molecule has 0 aliphatic heterocycles. The van der Waals surface area contributed by atoms with Crippen LogP contribution in [0.1, 0.15) is 16.1 Å². The van der Waals surface area contributed by atoms with Gasteiger partial charge in [0.05, 0.1) is 23.2 Å². The SMILES string of the molecule is Cn1cncc1COc1c(Cl)cccc1C(=O)O. The highest BCUT2D eigenvalue weighted by molar-refractivity contribution is 6.32. The van der Waals surface area contributed by atoms with Gasteiger partial charge in [0.1, 0.15) is 12.2 Å². The number of carbonyl (C=O) groups is 1. The third kappa shape index (κ3) is 2.46. The van der Waals surface area contributed by atoms with E-state index in [-0.39, 0.29) is 22.9 Å². The molecule has 0 amide bonds. The maximum Gasteiger partial charge on any atom is 0.339 e. The molecule has 0 bridgehead atoms. The molecule has 1 aromatic carbocycles. The number of ether oxygens (including phenoxy) is 1. The molecule has 1 N–H and O–H groups in total. The second-order valence-corrected chi connectivity index (χ2v) is 4.11. The second-order valence-electron chi connectivity index (χ2n) is 3.71. The lowest BCUT2D eigenvalue weighted by atomic mass is 10.2. The van der Waals surface area contributed by atoms with Crippen LogP contribution < -0.4 is 4.74 Å². The maximum atomic E-state index is 11.0. The van der Waals surface area contributed by atoms with E-state index in [2.05, 4.69) is 4.98 Å². The number of aryl methyl sites for hydroxylation is 1. The van der Waals surface area contributed by atoms with Gasteiger partial charge < -0.3 is 14.4 Å². The topological polar surface area (TPSA) is 64.4 Å². The summed E-state index contributed by atoms with van der Waals surface area (Å²) < 4.78 is 7.27. The van der Waals surface area contributed by atoms with E-state index < -0.39 is 5.97 Å². The molecule has 0 radical (unpaired) electrons. The van der Waals surface area contributed by atoms with Crippen LogP contribution in [0.25, 0.3) is 0 Å². The molecule has 0 fully saturated rings. The Hall–Kier alpha value is -2.01. The lowest BCUT2D eigenvalue weighted by Crippen LogP contribution is -2.06. The first kappa shape index (κ1) is 12.4. The van der Waals surface area contributed by atoms with Gasteiger partial charge in [-0.1, -0.05) is 17.7 Å². The zero-order chi connectivity index (χ0) is 13.1. The molecule has 6 heteroatoms. The summed E-state index contributed by atoms with van der Waals surface area (Å²) in [5, 5.41) is 9.32. The number of imidazole rings is 1. The number of nitrogens with zero attached hydrogens (tertiary/aromatic N) is 2. The van der Waals surface area contributed by atoms with Gasteiger partial charge in [0.2, 0.25) is 0 Å². The van der Waals surface area contributed by atoms with Crippen molar-refractivity contribution in [2.45, 2.75) is 6.61 Å². The molecular weight excluding hydrogens is 256 g/mol. The highest BCUT2D eigenvalue weighted by Crippen LogP contribution is 2.29. The van der Waals surface area contributed by atoms with E-state index in [0.717, 1.165) is 5.69 Å². The Kier molecular flexibility index (Phi) is 3.53. The van der Waals surface area contributed by atoms with Gasteiger partial charge in [-0.25, -0.2) is 9.78 Å². The second kappa shape index (κ2) is 5.10. The molecule has 0 unspecified atom stereocenters. The van der Waals surface area contributed by atoms with Crippen molar-refractivity contribution in [1.29, 1.82) is 0 Å².